The molecule has 0 saturated heterocycles. The number of nitrogens with one attached hydrogen (secondary N) is 2. The predicted molar refractivity (Wildman–Crippen MR) is 168 cm³/mol. The van der Waals surface area contributed by atoms with Crippen molar-refractivity contribution in [1.29, 1.82) is 0 Å². The molecule has 43 heavy (non-hydrogen) atoms. The van der Waals surface area contributed by atoms with E-state index in [-0.39, 0.29) is 13.1 Å². The number of aromatic nitrogens is 2. The highest BCUT2D eigenvalue weighted by Crippen LogP contribution is 2.31. The maximum absolute atomic E-state index is 13.2. The van der Waals surface area contributed by atoms with Crippen molar-refractivity contribution in [2.75, 3.05) is 27.2 Å². The first-order valence-corrected chi connectivity index (χ1v) is 14.4. The fraction of sp³-hybridized carbons (Fsp3) is 0.382. The summed E-state index contributed by atoms with van der Waals surface area (Å²) in [6.45, 7) is 11.9. The van der Waals surface area contributed by atoms with Gasteiger partial charge in [-0.1, -0.05) is 36.4 Å². The van der Waals surface area contributed by atoms with Gasteiger partial charge in [-0.2, -0.15) is 0 Å². The van der Waals surface area contributed by atoms with Gasteiger partial charge in [0.15, 0.2) is 11.0 Å². The number of ether oxygens (including phenoxy) is 3. The van der Waals surface area contributed by atoms with Gasteiger partial charge in [0.25, 0.3) is 5.82 Å². The molecule has 0 atom stereocenters. The van der Waals surface area contributed by atoms with Crippen LogP contribution in [0.1, 0.15) is 47.1 Å². The lowest BCUT2D eigenvalue weighted by molar-refractivity contribution is -0.330. The number of benzene rings is 3. The molecule has 2 amide bonds. The zero-order valence-electron chi connectivity index (χ0n) is 26.4. The number of amides is 2. The SMILES string of the molecule is COc1ccccc1-c1[nH]c2cccc(-c3cccc(CN(CCN(C)C(=O)OC(C)(C)C)C(=O)OC(C)(C)C)c3)c2[nH+]1. The summed E-state index contributed by atoms with van der Waals surface area (Å²) in [6.07, 6.45) is -0.889. The Kier molecular flexibility index (Phi) is 9.33. The number of carbonyl (C=O) groups is 2. The Bertz CT molecular complexity index is 1580. The molecule has 0 bridgehead atoms. The van der Waals surface area contributed by atoms with Crippen LogP contribution in [0.15, 0.2) is 66.7 Å². The summed E-state index contributed by atoms with van der Waals surface area (Å²) in [6, 6.07) is 22.1. The van der Waals surface area contributed by atoms with Crippen LogP contribution in [0, 0.1) is 0 Å². The van der Waals surface area contributed by atoms with E-state index in [1.165, 1.54) is 4.90 Å². The molecule has 1 aromatic heterocycles. The van der Waals surface area contributed by atoms with Crippen molar-refractivity contribution in [3.63, 3.8) is 0 Å². The predicted octanol–water partition coefficient (Wildman–Crippen LogP) is 6.93. The van der Waals surface area contributed by atoms with Gasteiger partial charge in [0.1, 0.15) is 22.5 Å². The van der Waals surface area contributed by atoms with E-state index in [1.54, 1.807) is 19.1 Å². The topological polar surface area (TPSA) is 98.2 Å². The number of para-hydroxylation sites is 2. The van der Waals surface area contributed by atoms with Crippen LogP contribution in [0.4, 0.5) is 9.59 Å². The van der Waals surface area contributed by atoms with Gasteiger partial charge in [-0.15, -0.1) is 0 Å². The molecular formula is C34H43N4O5+. The highest BCUT2D eigenvalue weighted by Gasteiger charge is 2.25. The fourth-order valence-corrected chi connectivity index (χ4v) is 4.63. The third-order valence-corrected chi connectivity index (χ3v) is 6.62. The van der Waals surface area contributed by atoms with E-state index in [0.717, 1.165) is 44.9 Å². The van der Waals surface area contributed by atoms with Gasteiger partial charge in [0, 0.05) is 32.2 Å². The molecule has 0 aliphatic rings. The maximum Gasteiger partial charge on any atom is 0.410 e. The number of fused-ring (bicyclic) bond motifs is 1. The summed E-state index contributed by atoms with van der Waals surface area (Å²) in [5.41, 5.74) is 4.54. The zero-order chi connectivity index (χ0) is 31.4. The van der Waals surface area contributed by atoms with Crippen molar-refractivity contribution in [2.24, 2.45) is 0 Å². The van der Waals surface area contributed by atoms with Gasteiger partial charge in [-0.25, -0.2) is 19.6 Å². The molecule has 4 rings (SSSR count). The number of hydrogen-bond acceptors (Lipinski definition) is 5. The van der Waals surface area contributed by atoms with Crippen molar-refractivity contribution in [3.05, 3.63) is 72.3 Å². The van der Waals surface area contributed by atoms with Crippen LogP contribution in [0.2, 0.25) is 0 Å². The Hall–Kier alpha value is -4.53. The zero-order valence-corrected chi connectivity index (χ0v) is 26.4. The molecule has 3 aromatic carbocycles. The lowest BCUT2D eigenvalue weighted by atomic mass is 10.0. The molecule has 9 heteroatoms. The summed E-state index contributed by atoms with van der Waals surface area (Å²) in [7, 11) is 3.32. The van der Waals surface area contributed by atoms with Crippen LogP contribution >= 0.6 is 0 Å². The highest BCUT2D eigenvalue weighted by molar-refractivity contribution is 5.90. The molecular weight excluding hydrogens is 544 g/mol. The summed E-state index contributed by atoms with van der Waals surface area (Å²) >= 11 is 0. The van der Waals surface area contributed by atoms with Gasteiger partial charge < -0.3 is 24.0 Å². The normalized spacial score (nSPS) is 11.7. The fourth-order valence-electron chi connectivity index (χ4n) is 4.63. The molecule has 0 aliphatic heterocycles. The Morgan fingerprint density at radius 1 is 0.814 bits per heavy atom. The number of likely N-dealkylation sites (N-methyl/N-ethyl adjacent to an activating group) is 1. The van der Waals surface area contributed by atoms with Crippen LogP contribution in [-0.4, -0.2) is 65.4 Å². The van der Waals surface area contributed by atoms with Crippen LogP contribution in [0.5, 0.6) is 5.75 Å². The molecule has 228 valence electrons. The maximum atomic E-state index is 13.2. The molecule has 0 saturated carbocycles. The molecule has 9 nitrogen and oxygen atoms in total. The van der Waals surface area contributed by atoms with Gasteiger partial charge in [-0.3, -0.25) is 0 Å². The number of hydrogen-bond donors (Lipinski definition) is 1. The third kappa shape index (κ3) is 8.28. The number of nitrogens with zero attached hydrogens (tertiary/aromatic N) is 2. The summed E-state index contributed by atoms with van der Waals surface area (Å²) in [5.74, 6) is 1.62. The second-order valence-corrected chi connectivity index (χ2v) is 12.6. The minimum Gasteiger partial charge on any atom is -0.496 e. The van der Waals surface area contributed by atoms with Crippen LogP contribution in [0.3, 0.4) is 0 Å². The van der Waals surface area contributed by atoms with Crippen LogP contribution < -0.4 is 9.72 Å². The van der Waals surface area contributed by atoms with Crippen molar-refractivity contribution in [1.82, 2.24) is 14.8 Å². The Balaban J connectivity index is 1.60. The first-order chi connectivity index (χ1) is 20.2. The molecule has 1 heterocycles. The highest BCUT2D eigenvalue weighted by atomic mass is 16.6. The first kappa shape index (κ1) is 31.4. The summed E-state index contributed by atoms with van der Waals surface area (Å²) < 4.78 is 16.8. The Labute approximate surface area is 253 Å². The molecule has 0 aliphatic carbocycles. The quantitative estimate of drug-likeness (QED) is 0.241. The van der Waals surface area contributed by atoms with Crippen molar-refractivity contribution >= 4 is 23.2 Å². The molecule has 2 N–H and O–H groups in total. The van der Waals surface area contributed by atoms with Crippen molar-refractivity contribution < 1.29 is 28.8 Å². The number of H-pyrrole nitrogens is 2. The Morgan fingerprint density at radius 3 is 2.16 bits per heavy atom. The van der Waals surface area contributed by atoms with Gasteiger partial charge in [0.2, 0.25) is 0 Å². The molecule has 0 radical (unpaired) electrons. The number of carbonyl (C=O) groups excluding carboxylic acids is 2. The van der Waals surface area contributed by atoms with E-state index in [9.17, 15) is 9.59 Å². The standard InChI is InChI=1S/C34H42N4O5/c1-33(2,3)42-31(39)37(7)19-20-38(32(40)43-34(4,5)6)22-23-13-11-14-24(21-23)25-16-12-17-27-29(25)36-30(35-27)26-15-9-10-18-28(26)41-8/h9-18,21H,19-20,22H2,1-8H3,(H,35,36)/p+1. The van der Waals surface area contributed by atoms with E-state index in [1.807, 2.05) is 90.1 Å². The third-order valence-electron chi connectivity index (χ3n) is 6.62. The van der Waals surface area contributed by atoms with E-state index in [0.29, 0.717) is 6.54 Å². The van der Waals surface area contributed by atoms with E-state index in [2.05, 4.69) is 28.2 Å². The smallest absolute Gasteiger partial charge is 0.410 e. The van der Waals surface area contributed by atoms with Crippen LogP contribution in [-0.2, 0) is 16.0 Å². The van der Waals surface area contributed by atoms with Crippen molar-refractivity contribution in [3.8, 4) is 28.3 Å². The number of aromatic amines is 2. The van der Waals surface area contributed by atoms with Crippen molar-refractivity contribution in [2.45, 2.75) is 59.3 Å². The van der Waals surface area contributed by atoms with Gasteiger partial charge >= 0.3 is 12.2 Å². The molecule has 0 unspecified atom stereocenters. The Morgan fingerprint density at radius 2 is 1.47 bits per heavy atom. The summed E-state index contributed by atoms with van der Waals surface area (Å²) in [4.78, 5) is 35.9. The number of rotatable bonds is 8. The summed E-state index contributed by atoms with van der Waals surface area (Å²) in [5, 5.41) is 0. The molecule has 0 fully saturated rings. The monoisotopic (exact) mass is 587 g/mol. The number of imidazole rings is 1. The first-order valence-electron chi connectivity index (χ1n) is 14.4. The van der Waals surface area contributed by atoms with E-state index >= 15 is 0 Å². The average molecular weight is 588 g/mol. The molecule has 0 spiro atoms. The largest absolute Gasteiger partial charge is 0.496 e. The lowest BCUT2D eigenvalue weighted by Crippen LogP contribution is -2.42. The lowest BCUT2D eigenvalue weighted by Gasteiger charge is -2.30. The van der Waals surface area contributed by atoms with Gasteiger partial charge in [-0.05, 0) is 83.0 Å². The second kappa shape index (κ2) is 12.8. The minimum atomic E-state index is -0.660. The van der Waals surface area contributed by atoms with E-state index < -0.39 is 23.4 Å². The number of methoxy groups -OCH3 is 1. The minimum absolute atomic E-state index is 0.276. The van der Waals surface area contributed by atoms with Crippen LogP contribution in [0.25, 0.3) is 33.5 Å². The van der Waals surface area contributed by atoms with Gasteiger partial charge in [0.05, 0.1) is 7.11 Å². The van der Waals surface area contributed by atoms with E-state index in [4.69, 9.17) is 14.2 Å². The molecule has 4 aromatic rings. The second-order valence-electron chi connectivity index (χ2n) is 12.6. The average Bonchev–Trinajstić information content (AvgIpc) is 3.37.